The van der Waals surface area contributed by atoms with Gasteiger partial charge in [-0.2, -0.15) is 4.31 Å². The molecule has 1 aliphatic heterocycles. The summed E-state index contributed by atoms with van der Waals surface area (Å²) in [6.07, 6.45) is -0.455. The van der Waals surface area contributed by atoms with E-state index in [-0.39, 0.29) is 42.4 Å². The predicted molar refractivity (Wildman–Crippen MR) is 134 cm³/mol. The van der Waals surface area contributed by atoms with E-state index in [1.54, 1.807) is 0 Å². The van der Waals surface area contributed by atoms with Crippen molar-refractivity contribution in [3.8, 4) is 0 Å². The number of carbonyl (C=O) groups is 1. The van der Waals surface area contributed by atoms with E-state index >= 15 is 0 Å². The van der Waals surface area contributed by atoms with Crippen molar-refractivity contribution in [2.75, 3.05) is 58.2 Å². The molecule has 0 aromatic heterocycles. The van der Waals surface area contributed by atoms with Crippen molar-refractivity contribution in [3.05, 3.63) is 0 Å². The first-order valence-corrected chi connectivity index (χ1v) is 12.1. The number of halogens is 1. The van der Waals surface area contributed by atoms with Gasteiger partial charge in [0.2, 0.25) is 10.0 Å². The van der Waals surface area contributed by atoms with Crippen LogP contribution in [-0.4, -0.2) is 99.6 Å². The summed E-state index contributed by atoms with van der Waals surface area (Å²) in [5, 5.41) is 5.90. The molecule has 12 heteroatoms. The molecule has 0 unspecified atom stereocenters. The summed E-state index contributed by atoms with van der Waals surface area (Å²) in [4.78, 5) is 18.3. The number of nitrogens with zero attached hydrogens (tertiary/aromatic N) is 3. The Bertz CT molecular complexity index is 659. The Kier molecular flexibility index (Phi) is 13.9. The van der Waals surface area contributed by atoms with E-state index in [0.717, 1.165) is 0 Å². The Morgan fingerprint density at radius 2 is 1.74 bits per heavy atom. The summed E-state index contributed by atoms with van der Waals surface area (Å²) in [7, 11) is -3.33. The van der Waals surface area contributed by atoms with Gasteiger partial charge in [0.05, 0.1) is 25.0 Å². The van der Waals surface area contributed by atoms with E-state index in [2.05, 4.69) is 15.6 Å². The number of aliphatic imine (C=N–C) groups is 1. The summed E-state index contributed by atoms with van der Waals surface area (Å²) in [5.41, 5.74) is -0.538. The third kappa shape index (κ3) is 12.7. The molecule has 0 aromatic rings. The van der Waals surface area contributed by atoms with Crippen molar-refractivity contribution in [2.24, 2.45) is 4.99 Å². The maximum absolute atomic E-state index is 12.5. The highest BCUT2D eigenvalue weighted by atomic mass is 127. The van der Waals surface area contributed by atoms with Crippen LogP contribution in [-0.2, 0) is 19.5 Å². The second-order valence-electron chi connectivity index (χ2n) is 8.29. The maximum atomic E-state index is 12.5. The number of rotatable bonds is 9. The van der Waals surface area contributed by atoms with Crippen LogP contribution < -0.4 is 10.6 Å². The van der Waals surface area contributed by atoms with Gasteiger partial charge in [0.25, 0.3) is 0 Å². The van der Waals surface area contributed by atoms with Crippen molar-refractivity contribution in [1.82, 2.24) is 19.8 Å². The molecule has 0 spiro atoms. The largest absolute Gasteiger partial charge is 0.444 e. The topological polar surface area (TPSA) is 113 Å². The quantitative estimate of drug-likeness (QED) is 0.185. The van der Waals surface area contributed by atoms with Crippen LogP contribution in [0.5, 0.6) is 0 Å². The molecular weight excluding hydrogens is 537 g/mol. The van der Waals surface area contributed by atoms with E-state index in [4.69, 9.17) is 9.47 Å². The van der Waals surface area contributed by atoms with Crippen LogP contribution in [0.25, 0.3) is 0 Å². The first-order valence-electron chi connectivity index (χ1n) is 10.5. The molecular formula is C19H40IN5O5S. The second kappa shape index (κ2) is 14.3. The van der Waals surface area contributed by atoms with E-state index < -0.39 is 21.7 Å². The van der Waals surface area contributed by atoms with Gasteiger partial charge in [0.15, 0.2) is 5.96 Å². The Morgan fingerprint density at radius 3 is 2.26 bits per heavy atom. The third-order valence-corrected chi connectivity index (χ3v) is 5.94. The fraction of sp³-hybridized carbons (Fsp3) is 0.895. The van der Waals surface area contributed by atoms with Crippen LogP contribution in [0.4, 0.5) is 4.79 Å². The third-order valence-electron chi connectivity index (χ3n) is 4.10. The number of piperazine rings is 1. The zero-order chi connectivity index (χ0) is 22.8. The summed E-state index contributed by atoms with van der Waals surface area (Å²) in [6, 6.07) is 0. The molecule has 0 aromatic carbocycles. The van der Waals surface area contributed by atoms with Crippen LogP contribution in [0.2, 0.25) is 0 Å². The predicted octanol–water partition coefficient (Wildman–Crippen LogP) is 1.47. The average molecular weight is 578 g/mol. The van der Waals surface area contributed by atoms with Gasteiger partial charge in [0.1, 0.15) is 5.60 Å². The number of hydrogen-bond acceptors (Lipinski definition) is 6. The molecule has 0 aliphatic carbocycles. The van der Waals surface area contributed by atoms with Crippen LogP contribution in [0.15, 0.2) is 4.99 Å². The zero-order valence-corrected chi connectivity index (χ0v) is 22.8. The van der Waals surface area contributed by atoms with Crippen LogP contribution in [0.3, 0.4) is 0 Å². The van der Waals surface area contributed by atoms with Crippen molar-refractivity contribution >= 4 is 46.1 Å². The summed E-state index contributed by atoms with van der Waals surface area (Å²) in [6.45, 7) is 14.7. The normalized spacial score (nSPS) is 16.1. The van der Waals surface area contributed by atoms with E-state index in [1.807, 2.05) is 46.4 Å². The molecule has 1 fully saturated rings. The molecule has 0 atom stereocenters. The molecule has 0 radical (unpaired) electrons. The van der Waals surface area contributed by atoms with Crippen LogP contribution >= 0.6 is 24.0 Å². The van der Waals surface area contributed by atoms with Crippen LogP contribution in [0.1, 0.15) is 41.5 Å². The summed E-state index contributed by atoms with van der Waals surface area (Å²) >= 11 is 0. The molecule has 31 heavy (non-hydrogen) atoms. The lowest BCUT2D eigenvalue weighted by molar-refractivity contribution is 0.0529. The maximum Gasteiger partial charge on any atom is 0.407 e. The molecule has 0 bridgehead atoms. The highest BCUT2D eigenvalue weighted by molar-refractivity contribution is 14.0. The van der Waals surface area contributed by atoms with Gasteiger partial charge < -0.3 is 25.0 Å². The second-order valence-corrected chi connectivity index (χ2v) is 10.4. The molecule has 1 saturated heterocycles. The number of amides is 1. The van der Waals surface area contributed by atoms with Gasteiger partial charge in [0, 0.05) is 39.3 Å². The molecule has 1 rings (SSSR count). The Labute approximate surface area is 204 Å². The van der Waals surface area contributed by atoms with Gasteiger partial charge in [-0.3, -0.25) is 4.99 Å². The smallest absolute Gasteiger partial charge is 0.407 e. The molecule has 184 valence electrons. The number of hydrogen-bond donors (Lipinski definition) is 2. The zero-order valence-electron chi connectivity index (χ0n) is 19.6. The van der Waals surface area contributed by atoms with Gasteiger partial charge in [-0.15, -0.1) is 24.0 Å². The molecule has 0 saturated carbocycles. The lowest BCUT2D eigenvalue weighted by Crippen LogP contribution is -2.54. The molecule has 1 heterocycles. The van der Waals surface area contributed by atoms with E-state index in [0.29, 0.717) is 51.8 Å². The van der Waals surface area contributed by atoms with Gasteiger partial charge in [-0.25, -0.2) is 13.2 Å². The monoisotopic (exact) mass is 577 g/mol. The van der Waals surface area contributed by atoms with Crippen molar-refractivity contribution in [2.45, 2.75) is 53.2 Å². The molecule has 10 nitrogen and oxygen atoms in total. The number of sulfonamides is 1. The lowest BCUT2D eigenvalue weighted by Gasteiger charge is -2.36. The van der Waals surface area contributed by atoms with Gasteiger partial charge >= 0.3 is 6.09 Å². The lowest BCUT2D eigenvalue weighted by atomic mass is 10.2. The van der Waals surface area contributed by atoms with Crippen molar-refractivity contribution in [3.63, 3.8) is 0 Å². The summed E-state index contributed by atoms with van der Waals surface area (Å²) in [5.74, 6) is 0.707. The minimum atomic E-state index is -3.33. The minimum Gasteiger partial charge on any atom is -0.444 e. The van der Waals surface area contributed by atoms with Crippen molar-refractivity contribution < 1.29 is 22.7 Å². The SMILES string of the molecule is CCNC(=NCCNC(=O)OC(C)(C)C)N1CCN(S(=O)(=O)CCOC(C)C)CC1.I. The number of ether oxygens (including phenoxy) is 2. The number of carbonyl (C=O) groups excluding carboxylic acids is 1. The van der Waals surface area contributed by atoms with E-state index in [1.165, 1.54) is 4.31 Å². The van der Waals surface area contributed by atoms with Crippen LogP contribution in [0, 0.1) is 0 Å². The fourth-order valence-electron chi connectivity index (χ4n) is 2.76. The highest BCUT2D eigenvalue weighted by Gasteiger charge is 2.28. The Morgan fingerprint density at radius 1 is 1.13 bits per heavy atom. The molecule has 2 N–H and O–H groups in total. The van der Waals surface area contributed by atoms with E-state index in [9.17, 15) is 13.2 Å². The first kappa shape index (κ1) is 30.1. The standard InChI is InChI=1S/C19H39N5O5S.HI/c1-7-20-17(21-8-9-22-18(25)29-19(4,5)6)23-10-12-24(13-11-23)30(26,27)15-14-28-16(2)3;/h16H,7-15H2,1-6H3,(H,20,21)(H,22,25);1H. The Hall–Kier alpha value is -0.860. The number of nitrogens with one attached hydrogen (secondary N) is 2. The minimum absolute atomic E-state index is 0. The van der Waals surface area contributed by atoms with Gasteiger partial charge in [-0.05, 0) is 41.5 Å². The molecule has 1 amide bonds. The first-order chi connectivity index (χ1) is 13.9. The highest BCUT2D eigenvalue weighted by Crippen LogP contribution is 2.09. The Balaban J connectivity index is 0.00000900. The summed E-state index contributed by atoms with van der Waals surface area (Å²) < 4.78 is 37.0. The molecule has 1 aliphatic rings. The number of guanidine groups is 1. The average Bonchev–Trinajstić information content (AvgIpc) is 2.62. The number of alkyl carbamates (subject to hydrolysis) is 1. The van der Waals surface area contributed by atoms with Crippen molar-refractivity contribution in [1.29, 1.82) is 0 Å². The van der Waals surface area contributed by atoms with Gasteiger partial charge in [-0.1, -0.05) is 0 Å². The fourth-order valence-corrected chi connectivity index (χ4v) is 4.04.